The van der Waals surface area contributed by atoms with Crippen LogP contribution in [0.25, 0.3) is 0 Å². The molecule has 0 aliphatic carbocycles. The third-order valence-electron chi connectivity index (χ3n) is 1.97. The van der Waals surface area contributed by atoms with Gasteiger partial charge in [0, 0.05) is 18.5 Å². The van der Waals surface area contributed by atoms with E-state index in [0.29, 0.717) is 6.54 Å². The van der Waals surface area contributed by atoms with Crippen LogP contribution in [0.15, 0.2) is 0 Å². The molecule has 0 aromatic rings. The number of carbonyl (C=O) groups is 2. The van der Waals surface area contributed by atoms with E-state index in [0.717, 1.165) is 0 Å². The molecular formula is C11H22N2O3. The van der Waals surface area contributed by atoms with Crippen molar-refractivity contribution in [2.75, 3.05) is 6.54 Å². The van der Waals surface area contributed by atoms with Crippen LogP contribution >= 0.6 is 0 Å². The van der Waals surface area contributed by atoms with Crippen LogP contribution in [0.3, 0.4) is 0 Å². The molecule has 0 aromatic carbocycles. The van der Waals surface area contributed by atoms with Crippen LogP contribution in [0.1, 0.15) is 34.1 Å². The lowest BCUT2D eigenvalue weighted by atomic mass is 10.2. The minimum Gasteiger partial charge on any atom is -0.383 e. The molecule has 0 bridgehead atoms. The molecule has 16 heavy (non-hydrogen) atoms. The highest BCUT2D eigenvalue weighted by Gasteiger charge is 2.15. The van der Waals surface area contributed by atoms with E-state index >= 15 is 0 Å². The molecule has 0 fully saturated rings. The van der Waals surface area contributed by atoms with Crippen molar-refractivity contribution < 1.29 is 14.7 Å². The van der Waals surface area contributed by atoms with E-state index in [1.54, 1.807) is 13.8 Å². The Balaban J connectivity index is 3.77. The number of hydrogen-bond donors (Lipinski definition) is 3. The first-order valence-corrected chi connectivity index (χ1v) is 5.60. The highest BCUT2D eigenvalue weighted by molar-refractivity contribution is 5.81. The SMILES string of the molecule is CC(C)NC(=O)[C@H](O)CCNC(=O)C(C)C. The molecule has 0 unspecified atom stereocenters. The van der Waals surface area contributed by atoms with Gasteiger partial charge in [-0.05, 0) is 20.3 Å². The van der Waals surface area contributed by atoms with Gasteiger partial charge < -0.3 is 15.7 Å². The van der Waals surface area contributed by atoms with Gasteiger partial charge in [-0.3, -0.25) is 9.59 Å². The van der Waals surface area contributed by atoms with Crippen molar-refractivity contribution >= 4 is 11.8 Å². The highest BCUT2D eigenvalue weighted by atomic mass is 16.3. The van der Waals surface area contributed by atoms with E-state index in [9.17, 15) is 14.7 Å². The van der Waals surface area contributed by atoms with Crippen molar-refractivity contribution in [3.8, 4) is 0 Å². The second-order valence-electron chi connectivity index (χ2n) is 4.41. The zero-order valence-corrected chi connectivity index (χ0v) is 10.4. The van der Waals surface area contributed by atoms with Gasteiger partial charge in [0.05, 0.1) is 0 Å². The molecule has 94 valence electrons. The van der Waals surface area contributed by atoms with E-state index in [2.05, 4.69) is 10.6 Å². The van der Waals surface area contributed by atoms with E-state index in [-0.39, 0.29) is 24.3 Å². The zero-order chi connectivity index (χ0) is 12.7. The van der Waals surface area contributed by atoms with E-state index in [1.165, 1.54) is 0 Å². The van der Waals surface area contributed by atoms with Crippen LogP contribution in [0.2, 0.25) is 0 Å². The quantitative estimate of drug-likeness (QED) is 0.602. The summed E-state index contributed by atoms with van der Waals surface area (Å²) in [5.41, 5.74) is 0. The maximum absolute atomic E-state index is 11.3. The van der Waals surface area contributed by atoms with Gasteiger partial charge in [0.2, 0.25) is 11.8 Å². The number of aliphatic hydroxyl groups is 1. The van der Waals surface area contributed by atoms with Crippen molar-refractivity contribution in [3.63, 3.8) is 0 Å². The Morgan fingerprint density at radius 1 is 1.12 bits per heavy atom. The summed E-state index contributed by atoms with van der Waals surface area (Å²) in [5, 5.41) is 14.7. The maximum atomic E-state index is 11.3. The number of nitrogens with one attached hydrogen (secondary N) is 2. The van der Waals surface area contributed by atoms with E-state index in [4.69, 9.17) is 0 Å². The fourth-order valence-electron chi connectivity index (χ4n) is 1.05. The van der Waals surface area contributed by atoms with Crippen LogP contribution < -0.4 is 10.6 Å². The average molecular weight is 230 g/mol. The molecule has 3 N–H and O–H groups in total. The van der Waals surface area contributed by atoms with Gasteiger partial charge in [-0.1, -0.05) is 13.8 Å². The molecule has 0 radical (unpaired) electrons. The molecule has 5 nitrogen and oxygen atoms in total. The van der Waals surface area contributed by atoms with Crippen LogP contribution in [-0.4, -0.2) is 35.6 Å². The Hall–Kier alpha value is -1.10. The lowest BCUT2D eigenvalue weighted by Gasteiger charge is -2.14. The Morgan fingerprint density at radius 3 is 2.12 bits per heavy atom. The van der Waals surface area contributed by atoms with Gasteiger partial charge in [0.1, 0.15) is 6.10 Å². The smallest absolute Gasteiger partial charge is 0.249 e. The first-order chi connectivity index (χ1) is 7.34. The van der Waals surface area contributed by atoms with Crippen molar-refractivity contribution in [1.29, 1.82) is 0 Å². The van der Waals surface area contributed by atoms with Gasteiger partial charge in [-0.25, -0.2) is 0 Å². The number of amides is 2. The molecule has 0 aliphatic heterocycles. The van der Waals surface area contributed by atoms with Crippen LogP contribution in [-0.2, 0) is 9.59 Å². The molecular weight excluding hydrogens is 208 g/mol. The molecule has 0 rings (SSSR count). The summed E-state index contributed by atoms with van der Waals surface area (Å²) in [6.45, 7) is 7.54. The molecule has 2 amide bonds. The average Bonchev–Trinajstić information content (AvgIpc) is 2.15. The largest absolute Gasteiger partial charge is 0.383 e. The van der Waals surface area contributed by atoms with Gasteiger partial charge in [-0.15, -0.1) is 0 Å². The summed E-state index contributed by atoms with van der Waals surface area (Å²) in [6, 6.07) is 0.00686. The number of rotatable bonds is 6. The second-order valence-corrected chi connectivity index (χ2v) is 4.41. The number of aliphatic hydroxyl groups excluding tert-OH is 1. The number of carbonyl (C=O) groups excluding carboxylic acids is 2. The van der Waals surface area contributed by atoms with E-state index < -0.39 is 12.0 Å². The Morgan fingerprint density at radius 2 is 1.69 bits per heavy atom. The zero-order valence-electron chi connectivity index (χ0n) is 10.4. The molecule has 0 heterocycles. The third kappa shape index (κ3) is 6.40. The van der Waals surface area contributed by atoms with Crippen LogP contribution in [0, 0.1) is 5.92 Å². The molecule has 0 saturated carbocycles. The van der Waals surface area contributed by atoms with E-state index in [1.807, 2.05) is 13.8 Å². The number of hydrogen-bond acceptors (Lipinski definition) is 3. The van der Waals surface area contributed by atoms with Crippen molar-refractivity contribution in [2.24, 2.45) is 5.92 Å². The monoisotopic (exact) mass is 230 g/mol. The minimum atomic E-state index is -1.06. The van der Waals surface area contributed by atoms with Gasteiger partial charge in [0.15, 0.2) is 0 Å². The molecule has 1 atom stereocenters. The lowest BCUT2D eigenvalue weighted by molar-refractivity contribution is -0.130. The third-order valence-corrected chi connectivity index (χ3v) is 1.97. The Bertz CT molecular complexity index is 239. The van der Waals surface area contributed by atoms with Gasteiger partial charge in [-0.2, -0.15) is 0 Å². The van der Waals surface area contributed by atoms with Gasteiger partial charge in [0.25, 0.3) is 0 Å². The summed E-state index contributed by atoms with van der Waals surface area (Å²) in [7, 11) is 0. The molecule has 5 heteroatoms. The summed E-state index contributed by atoms with van der Waals surface area (Å²) >= 11 is 0. The van der Waals surface area contributed by atoms with Crippen LogP contribution in [0.4, 0.5) is 0 Å². The van der Waals surface area contributed by atoms with Crippen molar-refractivity contribution in [2.45, 2.75) is 46.3 Å². The first kappa shape index (κ1) is 14.9. The van der Waals surface area contributed by atoms with Gasteiger partial charge >= 0.3 is 0 Å². The standard InChI is InChI=1S/C11H22N2O3/c1-7(2)10(15)12-6-5-9(14)11(16)13-8(3)4/h7-9,14H,5-6H2,1-4H3,(H,12,15)(H,13,16)/t9-/m1/s1. The second kappa shape index (κ2) is 7.22. The maximum Gasteiger partial charge on any atom is 0.249 e. The Labute approximate surface area is 96.6 Å². The summed E-state index contributed by atoms with van der Waals surface area (Å²) in [5.74, 6) is -0.549. The van der Waals surface area contributed by atoms with Crippen molar-refractivity contribution in [3.05, 3.63) is 0 Å². The topological polar surface area (TPSA) is 78.4 Å². The molecule has 0 saturated heterocycles. The fraction of sp³-hybridized carbons (Fsp3) is 0.818. The Kier molecular flexibility index (Phi) is 6.72. The predicted octanol–water partition coefficient (Wildman–Crippen LogP) is 0.0342. The normalized spacial score (nSPS) is 12.7. The molecule has 0 aromatic heterocycles. The van der Waals surface area contributed by atoms with Crippen LogP contribution in [0.5, 0.6) is 0 Å². The summed E-state index contributed by atoms with van der Waals surface area (Å²) in [6.07, 6.45) is -0.827. The fourth-order valence-corrected chi connectivity index (χ4v) is 1.05. The first-order valence-electron chi connectivity index (χ1n) is 5.60. The van der Waals surface area contributed by atoms with Crippen molar-refractivity contribution in [1.82, 2.24) is 10.6 Å². The lowest BCUT2D eigenvalue weighted by Crippen LogP contribution is -2.40. The predicted molar refractivity (Wildman–Crippen MR) is 61.8 cm³/mol. The summed E-state index contributed by atoms with van der Waals surface area (Å²) < 4.78 is 0. The molecule has 0 spiro atoms. The molecule has 0 aliphatic rings. The minimum absolute atomic E-state index is 0.00686. The summed E-state index contributed by atoms with van der Waals surface area (Å²) in [4.78, 5) is 22.5. The highest BCUT2D eigenvalue weighted by Crippen LogP contribution is 1.94.